The van der Waals surface area contributed by atoms with E-state index in [4.69, 9.17) is 9.15 Å². The normalized spacial score (nSPS) is 14.6. The lowest BCUT2D eigenvalue weighted by Crippen LogP contribution is -2.32. The van der Waals surface area contributed by atoms with Gasteiger partial charge in [-0.2, -0.15) is 0 Å². The van der Waals surface area contributed by atoms with Gasteiger partial charge in [-0.05, 0) is 37.1 Å². The molecule has 0 aliphatic carbocycles. The predicted octanol–water partition coefficient (Wildman–Crippen LogP) is 2.64. The lowest BCUT2D eigenvalue weighted by atomic mass is 10.3. The van der Waals surface area contributed by atoms with Gasteiger partial charge in [-0.25, -0.2) is 9.78 Å². The number of thioether (sulfide) groups is 1. The summed E-state index contributed by atoms with van der Waals surface area (Å²) in [6.07, 6.45) is 5.10. The number of likely N-dealkylation sites (tertiary alicyclic amines) is 1. The number of hydrogen-bond donors (Lipinski definition) is 1. The van der Waals surface area contributed by atoms with Gasteiger partial charge < -0.3 is 19.4 Å². The average molecular weight is 432 g/mol. The van der Waals surface area contributed by atoms with Gasteiger partial charge in [-0.3, -0.25) is 9.59 Å². The van der Waals surface area contributed by atoms with Gasteiger partial charge >= 0.3 is 5.97 Å². The SMILES string of the molecule is CC[C@H](Sc1ncccc1C(=O)OCCN1CCCC1=O)C(=O)NCc1ccco1. The zero-order chi connectivity index (χ0) is 21.3. The van der Waals surface area contributed by atoms with E-state index >= 15 is 0 Å². The third kappa shape index (κ3) is 5.85. The van der Waals surface area contributed by atoms with Gasteiger partial charge in [0, 0.05) is 19.2 Å². The Morgan fingerprint density at radius 1 is 1.37 bits per heavy atom. The molecule has 160 valence electrons. The average Bonchev–Trinajstić information content (AvgIpc) is 3.42. The van der Waals surface area contributed by atoms with Crippen LogP contribution in [0.1, 0.15) is 42.3 Å². The second kappa shape index (κ2) is 10.8. The van der Waals surface area contributed by atoms with Gasteiger partial charge in [0.1, 0.15) is 17.4 Å². The molecule has 2 aromatic rings. The van der Waals surface area contributed by atoms with E-state index < -0.39 is 11.2 Å². The molecule has 9 heteroatoms. The molecule has 1 N–H and O–H groups in total. The molecular formula is C21H25N3O5S. The number of carbonyl (C=O) groups excluding carboxylic acids is 3. The Bertz CT molecular complexity index is 871. The third-order valence-corrected chi connectivity index (χ3v) is 6.07. The number of amides is 2. The minimum atomic E-state index is -0.511. The fourth-order valence-electron chi connectivity index (χ4n) is 3.07. The summed E-state index contributed by atoms with van der Waals surface area (Å²) in [5, 5.41) is 2.87. The van der Waals surface area contributed by atoms with Crippen molar-refractivity contribution >= 4 is 29.5 Å². The molecule has 8 nitrogen and oxygen atoms in total. The van der Waals surface area contributed by atoms with Crippen LogP contribution in [0.3, 0.4) is 0 Å². The van der Waals surface area contributed by atoms with E-state index in [1.54, 1.807) is 41.6 Å². The fourth-order valence-corrected chi connectivity index (χ4v) is 4.09. The highest BCUT2D eigenvalue weighted by Crippen LogP contribution is 2.27. The summed E-state index contributed by atoms with van der Waals surface area (Å²) in [5.74, 6) is 0.0938. The first kappa shape index (κ1) is 21.9. The van der Waals surface area contributed by atoms with E-state index in [2.05, 4.69) is 10.3 Å². The number of hydrogen-bond acceptors (Lipinski definition) is 7. The Morgan fingerprint density at radius 2 is 2.23 bits per heavy atom. The van der Waals surface area contributed by atoms with Crippen molar-refractivity contribution in [3.8, 4) is 0 Å². The van der Waals surface area contributed by atoms with E-state index in [0.29, 0.717) is 48.8 Å². The zero-order valence-electron chi connectivity index (χ0n) is 16.8. The highest BCUT2D eigenvalue weighted by Gasteiger charge is 2.24. The zero-order valence-corrected chi connectivity index (χ0v) is 17.7. The smallest absolute Gasteiger partial charge is 0.340 e. The van der Waals surface area contributed by atoms with Crippen LogP contribution in [0.2, 0.25) is 0 Å². The first-order valence-corrected chi connectivity index (χ1v) is 10.8. The largest absolute Gasteiger partial charge is 0.467 e. The number of esters is 1. The van der Waals surface area contributed by atoms with Crippen LogP contribution in [-0.4, -0.2) is 52.6 Å². The molecule has 1 aliphatic heterocycles. The molecule has 0 aromatic carbocycles. The number of aromatic nitrogens is 1. The standard InChI is InChI=1S/C21H25N3O5S/c1-2-17(19(26)23-14-15-6-5-12-28-15)30-20-16(7-3-9-22-20)21(27)29-13-11-24-10-4-8-18(24)25/h3,5-7,9,12,17H,2,4,8,10-11,13-14H2,1H3,(H,23,26)/t17-/m0/s1. The number of rotatable bonds is 10. The summed E-state index contributed by atoms with van der Waals surface area (Å²) in [7, 11) is 0. The molecule has 3 heterocycles. The molecule has 0 spiro atoms. The number of nitrogens with zero attached hydrogens (tertiary/aromatic N) is 2. The summed E-state index contributed by atoms with van der Waals surface area (Å²) < 4.78 is 10.6. The van der Waals surface area contributed by atoms with E-state index in [-0.39, 0.29) is 18.4 Å². The Morgan fingerprint density at radius 3 is 2.93 bits per heavy atom. The van der Waals surface area contributed by atoms with Gasteiger partial charge in [-0.1, -0.05) is 18.7 Å². The molecule has 2 amide bonds. The fraction of sp³-hybridized carbons (Fsp3) is 0.429. The van der Waals surface area contributed by atoms with E-state index in [9.17, 15) is 14.4 Å². The van der Waals surface area contributed by atoms with E-state index in [1.165, 1.54) is 11.8 Å². The maximum absolute atomic E-state index is 12.5. The monoisotopic (exact) mass is 431 g/mol. The maximum atomic E-state index is 12.5. The predicted molar refractivity (Wildman–Crippen MR) is 111 cm³/mol. The van der Waals surface area contributed by atoms with Gasteiger partial charge in [0.25, 0.3) is 0 Å². The van der Waals surface area contributed by atoms with Crippen molar-refractivity contribution in [2.45, 2.75) is 43.0 Å². The van der Waals surface area contributed by atoms with Gasteiger partial charge in [0.2, 0.25) is 11.8 Å². The van der Waals surface area contributed by atoms with Gasteiger partial charge in [-0.15, -0.1) is 0 Å². The van der Waals surface area contributed by atoms with Gasteiger partial charge in [0.15, 0.2) is 0 Å². The first-order valence-electron chi connectivity index (χ1n) is 9.95. The first-order chi connectivity index (χ1) is 14.6. The van der Waals surface area contributed by atoms with Crippen LogP contribution in [0.5, 0.6) is 0 Å². The molecule has 30 heavy (non-hydrogen) atoms. The van der Waals surface area contributed by atoms with Crippen molar-refractivity contribution in [2.75, 3.05) is 19.7 Å². The van der Waals surface area contributed by atoms with Gasteiger partial charge in [0.05, 0.1) is 30.2 Å². The highest BCUT2D eigenvalue weighted by molar-refractivity contribution is 8.00. The molecule has 2 aromatic heterocycles. The molecule has 1 atom stereocenters. The minimum absolute atomic E-state index is 0.0926. The molecule has 0 saturated carbocycles. The maximum Gasteiger partial charge on any atom is 0.340 e. The Balaban J connectivity index is 1.56. The van der Waals surface area contributed by atoms with Crippen LogP contribution in [0, 0.1) is 0 Å². The minimum Gasteiger partial charge on any atom is -0.467 e. The van der Waals surface area contributed by atoms with Crippen molar-refractivity contribution in [1.82, 2.24) is 15.2 Å². The van der Waals surface area contributed by atoms with Crippen molar-refractivity contribution < 1.29 is 23.5 Å². The van der Waals surface area contributed by atoms with Crippen molar-refractivity contribution in [3.63, 3.8) is 0 Å². The van der Waals surface area contributed by atoms with Crippen LogP contribution in [0.25, 0.3) is 0 Å². The number of ether oxygens (including phenoxy) is 1. The molecule has 0 unspecified atom stereocenters. The molecule has 1 fully saturated rings. The van der Waals surface area contributed by atoms with E-state index in [1.807, 2.05) is 6.92 Å². The molecule has 0 bridgehead atoms. The molecule has 1 saturated heterocycles. The number of carbonyl (C=O) groups is 3. The third-order valence-electron chi connectivity index (χ3n) is 4.69. The molecule has 3 rings (SSSR count). The van der Waals surface area contributed by atoms with Crippen molar-refractivity contribution in [1.29, 1.82) is 0 Å². The lowest BCUT2D eigenvalue weighted by Gasteiger charge is -2.17. The molecular weight excluding hydrogens is 406 g/mol. The summed E-state index contributed by atoms with van der Waals surface area (Å²) in [5.41, 5.74) is 0.313. The second-order valence-corrected chi connectivity index (χ2v) is 7.98. The topological polar surface area (TPSA) is 102 Å². The number of nitrogens with one attached hydrogen (secondary N) is 1. The van der Waals surface area contributed by atoms with Crippen LogP contribution in [-0.2, 0) is 20.9 Å². The highest BCUT2D eigenvalue weighted by atomic mass is 32.2. The number of furan rings is 1. The molecule has 0 radical (unpaired) electrons. The van der Waals surface area contributed by atoms with Crippen molar-refractivity contribution in [2.24, 2.45) is 0 Å². The van der Waals surface area contributed by atoms with Crippen LogP contribution in [0.15, 0.2) is 46.2 Å². The summed E-state index contributed by atoms with van der Waals surface area (Å²) in [4.78, 5) is 42.7. The Labute approximate surface area is 179 Å². The Kier molecular flexibility index (Phi) is 7.89. The van der Waals surface area contributed by atoms with Crippen LogP contribution < -0.4 is 5.32 Å². The molecule has 1 aliphatic rings. The summed E-state index contributed by atoms with van der Waals surface area (Å²) in [6, 6.07) is 6.84. The number of pyridine rings is 1. The van der Waals surface area contributed by atoms with E-state index in [0.717, 1.165) is 6.42 Å². The second-order valence-electron chi connectivity index (χ2n) is 6.79. The quantitative estimate of drug-likeness (QED) is 0.456. The Hall–Kier alpha value is -2.81. The van der Waals surface area contributed by atoms with Crippen molar-refractivity contribution in [3.05, 3.63) is 48.0 Å². The van der Waals surface area contributed by atoms with Crippen LogP contribution >= 0.6 is 11.8 Å². The summed E-state index contributed by atoms with van der Waals surface area (Å²) in [6.45, 7) is 3.42. The summed E-state index contributed by atoms with van der Waals surface area (Å²) >= 11 is 1.23. The lowest BCUT2D eigenvalue weighted by molar-refractivity contribution is -0.128. The van der Waals surface area contributed by atoms with Crippen LogP contribution in [0.4, 0.5) is 0 Å².